The van der Waals surface area contributed by atoms with Crippen LogP contribution in [0.1, 0.15) is 39.0 Å². The third-order valence-electron chi connectivity index (χ3n) is 3.69. The first-order valence-electron chi connectivity index (χ1n) is 6.82. The Kier molecular flexibility index (Phi) is 4.22. The van der Waals surface area contributed by atoms with Gasteiger partial charge in [0.25, 0.3) is 0 Å². The van der Waals surface area contributed by atoms with Crippen LogP contribution in [0.25, 0.3) is 0 Å². The Morgan fingerprint density at radius 3 is 2.38 bits per heavy atom. The zero-order valence-corrected chi connectivity index (χ0v) is 10.5. The number of hydrogen-bond acceptors (Lipinski definition) is 2. The fourth-order valence-corrected chi connectivity index (χ4v) is 2.37. The number of carbonyl (C=O) groups excluding carboxylic acids is 1. The topological polar surface area (TPSA) is 23.6 Å². The molecular formula is C13H24N2O. The highest BCUT2D eigenvalue weighted by molar-refractivity contribution is 5.81. The lowest BCUT2D eigenvalue weighted by molar-refractivity contribution is -0.134. The SMILES string of the molecule is CCCCCN1CCN(C(=O)C2CC2)CC1. The third-order valence-corrected chi connectivity index (χ3v) is 3.69. The molecule has 0 N–H and O–H groups in total. The molecule has 1 aliphatic heterocycles. The number of nitrogens with zero attached hydrogens (tertiary/aromatic N) is 2. The molecule has 1 saturated carbocycles. The van der Waals surface area contributed by atoms with E-state index in [9.17, 15) is 4.79 Å². The number of hydrogen-bond donors (Lipinski definition) is 0. The molecule has 0 unspecified atom stereocenters. The molecule has 1 aliphatic carbocycles. The maximum atomic E-state index is 11.8. The number of rotatable bonds is 5. The van der Waals surface area contributed by atoms with E-state index in [1.165, 1.54) is 25.8 Å². The van der Waals surface area contributed by atoms with Gasteiger partial charge in [-0.15, -0.1) is 0 Å². The van der Waals surface area contributed by atoms with E-state index in [4.69, 9.17) is 0 Å². The Bertz CT molecular complexity index is 230. The fourth-order valence-electron chi connectivity index (χ4n) is 2.37. The van der Waals surface area contributed by atoms with Gasteiger partial charge in [-0.25, -0.2) is 0 Å². The van der Waals surface area contributed by atoms with E-state index in [0.29, 0.717) is 11.8 Å². The van der Waals surface area contributed by atoms with Crippen molar-refractivity contribution in [1.29, 1.82) is 0 Å². The van der Waals surface area contributed by atoms with E-state index < -0.39 is 0 Å². The van der Waals surface area contributed by atoms with Gasteiger partial charge in [-0.2, -0.15) is 0 Å². The Morgan fingerprint density at radius 2 is 1.81 bits per heavy atom. The molecule has 1 saturated heterocycles. The zero-order valence-electron chi connectivity index (χ0n) is 10.5. The van der Waals surface area contributed by atoms with Crippen molar-refractivity contribution in [2.24, 2.45) is 5.92 Å². The lowest BCUT2D eigenvalue weighted by atomic mass is 10.2. The minimum Gasteiger partial charge on any atom is -0.340 e. The fraction of sp³-hybridized carbons (Fsp3) is 0.923. The number of piperazine rings is 1. The summed E-state index contributed by atoms with van der Waals surface area (Å²) in [5.74, 6) is 0.819. The number of carbonyl (C=O) groups is 1. The molecule has 0 atom stereocenters. The second-order valence-corrected chi connectivity index (χ2v) is 5.15. The van der Waals surface area contributed by atoms with Crippen LogP contribution in [0.2, 0.25) is 0 Å². The van der Waals surface area contributed by atoms with Crippen LogP contribution < -0.4 is 0 Å². The monoisotopic (exact) mass is 224 g/mol. The van der Waals surface area contributed by atoms with Gasteiger partial charge in [0, 0.05) is 32.1 Å². The predicted molar refractivity (Wildman–Crippen MR) is 65.3 cm³/mol. The molecular weight excluding hydrogens is 200 g/mol. The highest BCUT2D eigenvalue weighted by Gasteiger charge is 2.34. The molecule has 2 aliphatic rings. The molecule has 0 radical (unpaired) electrons. The van der Waals surface area contributed by atoms with E-state index in [0.717, 1.165) is 39.0 Å². The molecule has 3 nitrogen and oxygen atoms in total. The molecule has 1 amide bonds. The number of unbranched alkanes of at least 4 members (excludes halogenated alkanes) is 2. The van der Waals surface area contributed by atoms with Gasteiger partial charge in [0.15, 0.2) is 0 Å². The summed E-state index contributed by atoms with van der Waals surface area (Å²) < 4.78 is 0. The van der Waals surface area contributed by atoms with E-state index in [1.807, 2.05) is 0 Å². The lowest BCUT2D eigenvalue weighted by Gasteiger charge is -2.34. The van der Waals surface area contributed by atoms with Crippen LogP contribution in [0.4, 0.5) is 0 Å². The minimum absolute atomic E-state index is 0.395. The highest BCUT2D eigenvalue weighted by Crippen LogP contribution is 2.31. The van der Waals surface area contributed by atoms with E-state index in [-0.39, 0.29) is 0 Å². The summed E-state index contributed by atoms with van der Waals surface area (Å²) in [5, 5.41) is 0. The summed E-state index contributed by atoms with van der Waals surface area (Å²) in [7, 11) is 0. The van der Waals surface area contributed by atoms with Gasteiger partial charge in [-0.1, -0.05) is 19.8 Å². The molecule has 0 bridgehead atoms. The lowest BCUT2D eigenvalue weighted by Crippen LogP contribution is -2.49. The van der Waals surface area contributed by atoms with Crippen molar-refractivity contribution in [1.82, 2.24) is 9.80 Å². The number of amides is 1. The average Bonchev–Trinajstić information content (AvgIpc) is 3.13. The van der Waals surface area contributed by atoms with Crippen molar-refractivity contribution in [2.45, 2.75) is 39.0 Å². The summed E-state index contributed by atoms with van der Waals surface area (Å²) in [6.07, 6.45) is 6.21. The Labute approximate surface area is 98.8 Å². The van der Waals surface area contributed by atoms with Gasteiger partial charge in [0.1, 0.15) is 0 Å². The van der Waals surface area contributed by atoms with Crippen LogP contribution in [0.3, 0.4) is 0 Å². The Hall–Kier alpha value is -0.570. The van der Waals surface area contributed by atoms with Gasteiger partial charge in [-0.05, 0) is 25.8 Å². The van der Waals surface area contributed by atoms with Gasteiger partial charge < -0.3 is 4.90 Å². The van der Waals surface area contributed by atoms with Gasteiger partial charge in [0.05, 0.1) is 0 Å². The van der Waals surface area contributed by atoms with Crippen molar-refractivity contribution < 1.29 is 4.79 Å². The standard InChI is InChI=1S/C13H24N2O/c1-2-3-4-7-14-8-10-15(11-9-14)13(16)12-5-6-12/h12H,2-11H2,1H3. The Morgan fingerprint density at radius 1 is 1.12 bits per heavy atom. The molecule has 2 fully saturated rings. The smallest absolute Gasteiger partial charge is 0.225 e. The zero-order chi connectivity index (χ0) is 11.4. The first-order valence-corrected chi connectivity index (χ1v) is 6.82. The summed E-state index contributed by atoms with van der Waals surface area (Å²) in [5.41, 5.74) is 0. The van der Waals surface area contributed by atoms with Crippen molar-refractivity contribution in [3.63, 3.8) is 0 Å². The van der Waals surface area contributed by atoms with Crippen molar-refractivity contribution in [3.8, 4) is 0 Å². The van der Waals surface area contributed by atoms with E-state index in [1.54, 1.807) is 0 Å². The molecule has 92 valence electrons. The Balaban J connectivity index is 1.63. The highest BCUT2D eigenvalue weighted by atomic mass is 16.2. The van der Waals surface area contributed by atoms with Crippen molar-refractivity contribution in [3.05, 3.63) is 0 Å². The average molecular weight is 224 g/mol. The van der Waals surface area contributed by atoms with Crippen LogP contribution in [-0.2, 0) is 4.79 Å². The molecule has 0 aromatic heterocycles. The molecule has 0 aromatic rings. The van der Waals surface area contributed by atoms with Crippen LogP contribution in [-0.4, -0.2) is 48.4 Å². The summed E-state index contributed by atoms with van der Waals surface area (Å²) in [4.78, 5) is 16.4. The van der Waals surface area contributed by atoms with Crippen molar-refractivity contribution in [2.75, 3.05) is 32.7 Å². The first kappa shape index (κ1) is 11.9. The van der Waals surface area contributed by atoms with Gasteiger partial charge in [-0.3, -0.25) is 9.69 Å². The second-order valence-electron chi connectivity index (χ2n) is 5.15. The minimum atomic E-state index is 0.395. The van der Waals surface area contributed by atoms with Crippen LogP contribution in [0.5, 0.6) is 0 Å². The molecule has 2 rings (SSSR count). The van der Waals surface area contributed by atoms with Crippen LogP contribution >= 0.6 is 0 Å². The van der Waals surface area contributed by atoms with Gasteiger partial charge in [0.2, 0.25) is 5.91 Å². The molecule has 0 spiro atoms. The second kappa shape index (κ2) is 5.67. The molecule has 16 heavy (non-hydrogen) atoms. The van der Waals surface area contributed by atoms with Crippen LogP contribution in [0.15, 0.2) is 0 Å². The normalized spacial score (nSPS) is 22.4. The van der Waals surface area contributed by atoms with Crippen molar-refractivity contribution >= 4 is 5.91 Å². The van der Waals surface area contributed by atoms with E-state index >= 15 is 0 Å². The maximum Gasteiger partial charge on any atom is 0.225 e. The van der Waals surface area contributed by atoms with E-state index in [2.05, 4.69) is 16.7 Å². The maximum absolute atomic E-state index is 11.8. The largest absolute Gasteiger partial charge is 0.340 e. The summed E-state index contributed by atoms with van der Waals surface area (Å²) in [6.45, 7) is 7.55. The molecule has 3 heteroatoms. The summed E-state index contributed by atoms with van der Waals surface area (Å²) >= 11 is 0. The van der Waals surface area contributed by atoms with Gasteiger partial charge >= 0.3 is 0 Å². The third kappa shape index (κ3) is 3.21. The molecule has 1 heterocycles. The predicted octanol–water partition coefficient (Wildman–Crippen LogP) is 1.73. The summed E-state index contributed by atoms with van der Waals surface area (Å²) in [6, 6.07) is 0. The van der Waals surface area contributed by atoms with Crippen LogP contribution in [0, 0.1) is 5.92 Å². The quantitative estimate of drug-likeness (QED) is 0.664. The first-order chi connectivity index (χ1) is 7.81. The molecule has 0 aromatic carbocycles.